The van der Waals surface area contributed by atoms with Crippen molar-refractivity contribution in [3.05, 3.63) is 208 Å². The second-order valence-corrected chi connectivity index (χ2v) is 15.5. The lowest BCUT2D eigenvalue weighted by Crippen LogP contribution is -2.19. The molecule has 1 aliphatic heterocycles. The largest absolute Gasteiger partial charge is 0.449 e. The second kappa shape index (κ2) is 16.3. The van der Waals surface area contributed by atoms with Gasteiger partial charge in [0, 0.05) is 34.1 Å². The van der Waals surface area contributed by atoms with E-state index in [9.17, 15) is 4.79 Å². The van der Waals surface area contributed by atoms with Gasteiger partial charge in [-0.05, 0) is 147 Å². The van der Waals surface area contributed by atoms with Gasteiger partial charge < -0.3 is 19.3 Å². The van der Waals surface area contributed by atoms with Gasteiger partial charge in [-0.1, -0.05) is 109 Å². The highest BCUT2D eigenvalue weighted by molar-refractivity contribution is 6.11. The van der Waals surface area contributed by atoms with E-state index in [1.165, 1.54) is 16.7 Å². The van der Waals surface area contributed by atoms with Gasteiger partial charge in [0.05, 0.1) is 0 Å². The molecule has 288 valence electrons. The normalized spacial score (nSPS) is 17.6. The van der Waals surface area contributed by atoms with Crippen molar-refractivity contribution in [2.45, 2.75) is 41.5 Å². The third-order valence-corrected chi connectivity index (χ3v) is 10.9. The fraction of sp³-hybridized carbons (Fsp3) is 0.151. The first-order chi connectivity index (χ1) is 28.1. The van der Waals surface area contributed by atoms with Crippen LogP contribution < -0.4 is 19.3 Å². The number of hydrogen-bond acceptors (Lipinski definition) is 5. The molecule has 8 rings (SSSR count). The first-order valence-electron chi connectivity index (χ1n) is 19.9. The van der Waals surface area contributed by atoms with Gasteiger partial charge in [0.1, 0.15) is 0 Å². The minimum Gasteiger partial charge on any atom is -0.449 e. The summed E-state index contributed by atoms with van der Waals surface area (Å²) >= 11 is 0. The molecule has 0 amide bonds. The third kappa shape index (κ3) is 8.30. The number of allylic oxidation sites excluding steroid dienone is 3. The van der Waals surface area contributed by atoms with Crippen molar-refractivity contribution < 1.29 is 14.3 Å². The fourth-order valence-electron chi connectivity index (χ4n) is 7.19. The van der Waals surface area contributed by atoms with Crippen molar-refractivity contribution in [3.8, 4) is 11.5 Å². The number of carbonyl (C=O) groups is 1. The molecule has 0 fully saturated rings. The minimum atomic E-state index is -0.343. The number of fused-ring (bicyclic) bond motifs is 1. The molecule has 1 aliphatic carbocycles. The van der Waals surface area contributed by atoms with E-state index >= 15 is 0 Å². The van der Waals surface area contributed by atoms with Gasteiger partial charge in [0.15, 0.2) is 23.0 Å². The predicted octanol–water partition coefficient (Wildman–Crippen LogP) is 13.7. The Hall–Kier alpha value is -6.85. The van der Waals surface area contributed by atoms with Crippen LogP contribution in [-0.4, -0.2) is 5.78 Å². The quantitative estimate of drug-likeness (QED) is 0.145. The minimum absolute atomic E-state index is 0.179. The van der Waals surface area contributed by atoms with Crippen LogP contribution in [0.1, 0.15) is 47.2 Å². The Kier molecular flexibility index (Phi) is 10.7. The number of carbonyl (C=O) groups excluding carboxylic acids is 1. The Morgan fingerprint density at radius 1 is 0.466 bits per heavy atom. The zero-order chi connectivity index (χ0) is 40.3. The Morgan fingerprint density at radius 3 is 1.31 bits per heavy atom. The van der Waals surface area contributed by atoms with Gasteiger partial charge in [0.25, 0.3) is 5.78 Å². The van der Waals surface area contributed by atoms with E-state index < -0.39 is 0 Å². The van der Waals surface area contributed by atoms with Crippen molar-refractivity contribution in [1.82, 2.24) is 0 Å². The molecular formula is C53H48N2O3. The zero-order valence-electron chi connectivity index (χ0n) is 33.9. The molecule has 0 aromatic heterocycles. The van der Waals surface area contributed by atoms with Gasteiger partial charge in [-0.25, -0.2) is 0 Å². The molecule has 5 nitrogen and oxygen atoms in total. The molecule has 0 radical (unpaired) electrons. The van der Waals surface area contributed by atoms with Crippen LogP contribution in [0.25, 0.3) is 12.2 Å². The number of ether oxygens (including phenoxy) is 2. The molecule has 2 aliphatic rings. The number of anilines is 5. The van der Waals surface area contributed by atoms with Gasteiger partial charge in [-0.2, -0.15) is 0 Å². The van der Waals surface area contributed by atoms with Crippen molar-refractivity contribution >= 4 is 46.4 Å². The lowest BCUT2D eigenvalue weighted by molar-refractivity contribution is -0.115. The maximum atomic E-state index is 14.3. The number of Topliss-reactive ketones (excluding diaryl/α,β-unsaturated/α-hetero) is 1. The summed E-state index contributed by atoms with van der Waals surface area (Å²) in [4.78, 5) is 18.8. The highest BCUT2D eigenvalue weighted by atomic mass is 16.5. The van der Waals surface area contributed by atoms with Crippen LogP contribution in [0.5, 0.6) is 11.5 Å². The van der Waals surface area contributed by atoms with Crippen LogP contribution >= 0.6 is 0 Å². The van der Waals surface area contributed by atoms with Gasteiger partial charge >= 0.3 is 0 Å². The summed E-state index contributed by atoms with van der Waals surface area (Å²) < 4.78 is 12.7. The highest BCUT2D eigenvalue weighted by Crippen LogP contribution is 2.39. The molecule has 0 spiro atoms. The van der Waals surface area contributed by atoms with Crippen molar-refractivity contribution in [1.29, 1.82) is 0 Å². The number of benzene rings is 6. The summed E-state index contributed by atoms with van der Waals surface area (Å²) in [6, 6.07) is 47.7. The first-order valence-corrected chi connectivity index (χ1v) is 19.9. The van der Waals surface area contributed by atoms with E-state index in [1.54, 1.807) is 12.2 Å². The van der Waals surface area contributed by atoms with Crippen LogP contribution in [0.2, 0.25) is 0 Å². The zero-order valence-corrected chi connectivity index (χ0v) is 33.9. The number of rotatable bonds is 8. The molecule has 2 unspecified atom stereocenters. The molecule has 58 heavy (non-hydrogen) atoms. The van der Waals surface area contributed by atoms with Gasteiger partial charge in [-0.3, -0.25) is 4.79 Å². The van der Waals surface area contributed by atoms with Crippen LogP contribution in [0.4, 0.5) is 28.4 Å². The molecule has 5 heteroatoms. The molecule has 6 aromatic carbocycles. The Morgan fingerprint density at radius 2 is 0.862 bits per heavy atom. The summed E-state index contributed by atoms with van der Waals surface area (Å²) in [6.07, 6.45) is 10.4. The summed E-state index contributed by atoms with van der Waals surface area (Å²) in [5, 5.41) is 0. The molecule has 0 N–H and O–H groups in total. The third-order valence-electron chi connectivity index (χ3n) is 10.9. The van der Waals surface area contributed by atoms with E-state index in [-0.39, 0.29) is 17.3 Å². The van der Waals surface area contributed by atoms with Gasteiger partial charge in [-0.15, -0.1) is 0 Å². The van der Waals surface area contributed by atoms with E-state index in [2.05, 4.69) is 160 Å². The molecule has 1 heterocycles. The molecule has 2 atom stereocenters. The Bertz CT molecular complexity index is 2510. The van der Waals surface area contributed by atoms with E-state index in [0.29, 0.717) is 23.3 Å². The second-order valence-electron chi connectivity index (χ2n) is 15.5. The SMILES string of the molecule is Cc1ccc(N(C2=CC(C)C(C)C=C2)c2ccc(C=C3Oc4ccc(C)cc4OC(=Cc4ccc(N(c5ccc(C)cc5)c5ccc(C)cc5)cc4)C3=O)cc2)cc1. The number of nitrogens with zero attached hydrogens (tertiary/aromatic N) is 2. The maximum Gasteiger partial charge on any atom is 0.263 e. The lowest BCUT2D eigenvalue weighted by atomic mass is 9.90. The number of hydrogen-bond donors (Lipinski definition) is 0. The fourth-order valence-corrected chi connectivity index (χ4v) is 7.19. The Balaban J connectivity index is 1.12. The van der Waals surface area contributed by atoms with Crippen LogP contribution in [0.3, 0.4) is 0 Å². The standard InChI is InChI=1S/C53H48N2O3/c1-35-7-19-43(20-8-35)54(44-21-9-36(2)10-22-44)46-26-15-42(16-27-46)34-52-53(56)51(57-49-30-13-38(4)31-50(49)58-52)33-41-17-28-47(29-18-41)55(45-23-11-37(3)12-24-45)48-25-14-39(5)40(6)32-48/h7-34,39-40H,1-6H3. The number of ketones is 1. The summed E-state index contributed by atoms with van der Waals surface area (Å²) in [7, 11) is 0. The lowest BCUT2D eigenvalue weighted by Gasteiger charge is -2.30. The number of aryl methyl sites for hydroxylation is 4. The van der Waals surface area contributed by atoms with E-state index in [0.717, 1.165) is 50.8 Å². The predicted molar refractivity (Wildman–Crippen MR) is 239 cm³/mol. The van der Waals surface area contributed by atoms with Crippen LogP contribution in [0, 0.1) is 39.5 Å². The van der Waals surface area contributed by atoms with Crippen LogP contribution in [0.15, 0.2) is 175 Å². The average molecular weight is 761 g/mol. The molecule has 6 aromatic rings. The molecule has 0 saturated heterocycles. The average Bonchev–Trinajstić information content (AvgIpc) is 3.34. The van der Waals surface area contributed by atoms with Crippen LogP contribution in [-0.2, 0) is 4.79 Å². The Labute approximate surface area is 342 Å². The topological polar surface area (TPSA) is 42.0 Å². The summed E-state index contributed by atoms with van der Waals surface area (Å²) in [5.74, 6) is 1.88. The first kappa shape index (κ1) is 38.0. The van der Waals surface area contributed by atoms with Crippen molar-refractivity contribution in [2.24, 2.45) is 11.8 Å². The highest BCUT2D eigenvalue weighted by Gasteiger charge is 2.27. The van der Waals surface area contributed by atoms with E-state index in [4.69, 9.17) is 9.47 Å². The summed E-state index contributed by atoms with van der Waals surface area (Å²) in [6.45, 7) is 12.8. The maximum absolute atomic E-state index is 14.3. The summed E-state index contributed by atoms with van der Waals surface area (Å²) in [5.41, 5.74) is 12.6. The molecular weight excluding hydrogens is 713 g/mol. The van der Waals surface area contributed by atoms with Crippen molar-refractivity contribution in [2.75, 3.05) is 9.80 Å². The molecule has 0 bridgehead atoms. The van der Waals surface area contributed by atoms with Gasteiger partial charge in [0.2, 0.25) is 0 Å². The monoisotopic (exact) mass is 760 g/mol. The molecule has 0 saturated carbocycles. The van der Waals surface area contributed by atoms with Crippen molar-refractivity contribution in [3.63, 3.8) is 0 Å². The van der Waals surface area contributed by atoms with E-state index in [1.807, 2.05) is 49.4 Å². The smallest absolute Gasteiger partial charge is 0.263 e.